The van der Waals surface area contributed by atoms with E-state index in [1.54, 1.807) is 4.90 Å². The molecule has 0 aliphatic carbocycles. The molecule has 1 saturated heterocycles. The molecule has 1 aliphatic heterocycles. The maximum Gasteiger partial charge on any atom is 0.224 e. The average Bonchev–Trinajstić information content (AvgIpc) is 2.82. The highest BCUT2D eigenvalue weighted by atomic mass is 16.2. The number of carbonyl (C=O) groups is 2. The number of likely N-dealkylation sites (tertiary alicyclic amines) is 1. The molecule has 0 radical (unpaired) electrons. The summed E-state index contributed by atoms with van der Waals surface area (Å²) in [5.41, 5.74) is 3.44. The summed E-state index contributed by atoms with van der Waals surface area (Å²) in [4.78, 5) is 25.8. The first-order chi connectivity index (χ1) is 11.0. The fraction of sp³-hybridized carbons (Fsp3) is 0.706. The van der Waals surface area contributed by atoms with Gasteiger partial charge in [0, 0.05) is 38.3 Å². The zero-order valence-electron chi connectivity index (χ0n) is 14.7. The van der Waals surface area contributed by atoms with Gasteiger partial charge in [-0.15, -0.1) is 0 Å². The molecule has 1 N–H and O–H groups in total. The van der Waals surface area contributed by atoms with Gasteiger partial charge in [-0.2, -0.15) is 5.10 Å². The summed E-state index contributed by atoms with van der Waals surface area (Å²) in [6.07, 6.45) is 1.94. The summed E-state index contributed by atoms with van der Waals surface area (Å²) >= 11 is 0. The Morgan fingerprint density at radius 3 is 2.65 bits per heavy atom. The number of hydrogen-bond acceptors (Lipinski definition) is 3. The van der Waals surface area contributed by atoms with Crippen molar-refractivity contribution >= 4 is 11.8 Å². The number of rotatable bonds is 6. The third-order valence-corrected chi connectivity index (χ3v) is 4.76. The molecular weight excluding hydrogens is 292 g/mol. The van der Waals surface area contributed by atoms with Gasteiger partial charge in [-0.3, -0.25) is 14.3 Å². The van der Waals surface area contributed by atoms with Crippen molar-refractivity contribution in [3.63, 3.8) is 0 Å². The van der Waals surface area contributed by atoms with Crippen molar-refractivity contribution in [3.8, 4) is 0 Å². The molecule has 128 valence electrons. The predicted octanol–water partition coefficient (Wildman–Crippen LogP) is 1.44. The minimum absolute atomic E-state index is 0.0640. The third kappa shape index (κ3) is 3.92. The molecule has 0 saturated carbocycles. The SMILES string of the molecule is CCN1C[C@@H](C(=O)NCCc2c(C)nn(CC)c2C)CCC1=O. The maximum absolute atomic E-state index is 12.3. The highest BCUT2D eigenvalue weighted by molar-refractivity contribution is 5.83. The van der Waals surface area contributed by atoms with E-state index < -0.39 is 0 Å². The summed E-state index contributed by atoms with van der Waals surface area (Å²) in [7, 11) is 0. The largest absolute Gasteiger partial charge is 0.355 e. The molecule has 1 fully saturated rings. The van der Waals surface area contributed by atoms with E-state index in [2.05, 4.69) is 24.3 Å². The van der Waals surface area contributed by atoms with Crippen LogP contribution in [0.1, 0.15) is 43.6 Å². The Hall–Kier alpha value is -1.85. The van der Waals surface area contributed by atoms with E-state index >= 15 is 0 Å². The molecule has 23 heavy (non-hydrogen) atoms. The van der Waals surface area contributed by atoms with Crippen LogP contribution in [0.15, 0.2) is 0 Å². The number of hydrogen-bond donors (Lipinski definition) is 1. The van der Waals surface area contributed by atoms with Crippen molar-refractivity contribution in [2.75, 3.05) is 19.6 Å². The fourth-order valence-electron chi connectivity index (χ4n) is 3.29. The highest BCUT2D eigenvalue weighted by Gasteiger charge is 2.29. The van der Waals surface area contributed by atoms with Crippen LogP contribution in [0.25, 0.3) is 0 Å². The normalized spacial score (nSPS) is 18.3. The second-order valence-electron chi connectivity index (χ2n) is 6.17. The first kappa shape index (κ1) is 17.5. The standard InChI is InChI=1S/C17H28N4O2/c1-5-20-11-14(7-8-16(20)22)17(23)18-10-9-15-12(3)19-21(6-2)13(15)4/h14H,5-11H2,1-4H3,(H,18,23)/t14-/m0/s1. The Morgan fingerprint density at radius 1 is 1.30 bits per heavy atom. The van der Waals surface area contributed by atoms with Crippen molar-refractivity contribution in [3.05, 3.63) is 17.0 Å². The monoisotopic (exact) mass is 320 g/mol. The lowest BCUT2D eigenvalue weighted by molar-refractivity contribution is -0.138. The first-order valence-corrected chi connectivity index (χ1v) is 8.56. The van der Waals surface area contributed by atoms with Crippen molar-refractivity contribution in [2.45, 2.75) is 53.5 Å². The van der Waals surface area contributed by atoms with Gasteiger partial charge in [-0.05, 0) is 46.1 Å². The van der Waals surface area contributed by atoms with E-state index in [1.807, 2.05) is 18.5 Å². The van der Waals surface area contributed by atoms with E-state index in [9.17, 15) is 9.59 Å². The van der Waals surface area contributed by atoms with E-state index in [0.717, 1.165) is 18.7 Å². The van der Waals surface area contributed by atoms with Gasteiger partial charge in [-0.25, -0.2) is 0 Å². The van der Waals surface area contributed by atoms with Crippen LogP contribution in [0.2, 0.25) is 0 Å². The van der Waals surface area contributed by atoms with Crippen LogP contribution >= 0.6 is 0 Å². The lowest BCUT2D eigenvalue weighted by Gasteiger charge is -2.31. The minimum Gasteiger partial charge on any atom is -0.355 e. The van der Waals surface area contributed by atoms with Gasteiger partial charge >= 0.3 is 0 Å². The lowest BCUT2D eigenvalue weighted by atomic mass is 9.96. The molecule has 1 aliphatic rings. The van der Waals surface area contributed by atoms with Crippen molar-refractivity contribution in [1.82, 2.24) is 20.0 Å². The molecule has 2 heterocycles. The van der Waals surface area contributed by atoms with Crippen LogP contribution in [0.5, 0.6) is 0 Å². The summed E-state index contributed by atoms with van der Waals surface area (Å²) in [6, 6.07) is 0. The van der Waals surface area contributed by atoms with Gasteiger partial charge in [0.1, 0.15) is 0 Å². The Bertz CT molecular complexity index is 579. The molecule has 6 nitrogen and oxygen atoms in total. The molecule has 1 atom stereocenters. The molecule has 1 aromatic rings. The topological polar surface area (TPSA) is 67.2 Å². The van der Waals surface area contributed by atoms with E-state index in [-0.39, 0.29) is 17.7 Å². The van der Waals surface area contributed by atoms with E-state index in [0.29, 0.717) is 32.5 Å². The van der Waals surface area contributed by atoms with E-state index in [4.69, 9.17) is 0 Å². The van der Waals surface area contributed by atoms with Gasteiger partial charge in [0.05, 0.1) is 11.6 Å². The highest BCUT2D eigenvalue weighted by Crippen LogP contribution is 2.18. The molecule has 2 rings (SSSR count). The van der Waals surface area contributed by atoms with Crippen molar-refractivity contribution in [2.24, 2.45) is 5.92 Å². The molecule has 0 bridgehead atoms. The number of nitrogens with one attached hydrogen (secondary N) is 1. The summed E-state index contributed by atoms with van der Waals surface area (Å²) in [6.45, 7) is 10.8. The molecular formula is C17H28N4O2. The number of aromatic nitrogens is 2. The number of carbonyl (C=O) groups excluding carboxylic acids is 2. The second-order valence-corrected chi connectivity index (χ2v) is 6.17. The fourth-order valence-corrected chi connectivity index (χ4v) is 3.29. The van der Waals surface area contributed by atoms with Gasteiger partial charge in [0.25, 0.3) is 0 Å². The molecule has 0 spiro atoms. The molecule has 0 unspecified atom stereocenters. The van der Waals surface area contributed by atoms with Gasteiger partial charge in [-0.1, -0.05) is 0 Å². The van der Waals surface area contributed by atoms with E-state index in [1.165, 1.54) is 11.3 Å². The van der Waals surface area contributed by atoms with Crippen molar-refractivity contribution in [1.29, 1.82) is 0 Å². The number of amides is 2. The Kier molecular flexibility index (Phi) is 5.80. The molecule has 0 aromatic carbocycles. The van der Waals surface area contributed by atoms with Crippen LogP contribution in [0, 0.1) is 19.8 Å². The van der Waals surface area contributed by atoms with Crippen LogP contribution in [-0.2, 0) is 22.6 Å². The Balaban J connectivity index is 1.86. The van der Waals surface area contributed by atoms with Crippen LogP contribution < -0.4 is 5.32 Å². The molecule has 2 amide bonds. The zero-order chi connectivity index (χ0) is 17.0. The summed E-state index contributed by atoms with van der Waals surface area (Å²) in [5.74, 6) is 0.150. The first-order valence-electron chi connectivity index (χ1n) is 8.56. The van der Waals surface area contributed by atoms with Gasteiger partial charge < -0.3 is 10.2 Å². The molecule has 1 aromatic heterocycles. The number of nitrogens with zero attached hydrogens (tertiary/aromatic N) is 3. The van der Waals surface area contributed by atoms with Gasteiger partial charge in [0.2, 0.25) is 11.8 Å². The maximum atomic E-state index is 12.3. The Morgan fingerprint density at radius 2 is 2.04 bits per heavy atom. The number of piperidine rings is 1. The second kappa shape index (κ2) is 7.62. The van der Waals surface area contributed by atoms with Crippen LogP contribution in [-0.4, -0.2) is 46.1 Å². The zero-order valence-corrected chi connectivity index (χ0v) is 14.7. The molecule has 6 heteroatoms. The predicted molar refractivity (Wildman–Crippen MR) is 89.1 cm³/mol. The summed E-state index contributed by atoms with van der Waals surface area (Å²) < 4.78 is 2.00. The summed E-state index contributed by atoms with van der Waals surface area (Å²) in [5, 5.41) is 7.53. The quantitative estimate of drug-likeness (QED) is 0.862. The minimum atomic E-state index is -0.0757. The Labute approximate surface area is 138 Å². The third-order valence-electron chi connectivity index (χ3n) is 4.76. The van der Waals surface area contributed by atoms with Crippen LogP contribution in [0.3, 0.4) is 0 Å². The lowest BCUT2D eigenvalue weighted by Crippen LogP contribution is -2.45. The number of aryl methyl sites for hydroxylation is 2. The smallest absolute Gasteiger partial charge is 0.224 e. The van der Waals surface area contributed by atoms with Crippen LogP contribution in [0.4, 0.5) is 0 Å². The van der Waals surface area contributed by atoms with Gasteiger partial charge in [0.15, 0.2) is 0 Å². The average molecular weight is 320 g/mol. The van der Waals surface area contributed by atoms with Crippen molar-refractivity contribution < 1.29 is 9.59 Å².